The number of fused-ring (bicyclic) bond motifs is 14. The highest BCUT2D eigenvalue weighted by molar-refractivity contribution is 7.26. The molecular formula is C33H21NS. The Kier molecular flexibility index (Phi) is 3.08. The second-order valence-corrected chi connectivity index (χ2v) is 11.6. The van der Waals surface area contributed by atoms with Crippen LogP contribution in [-0.2, 0) is 5.41 Å². The minimum atomic E-state index is -0.0592. The van der Waals surface area contributed by atoms with Crippen molar-refractivity contribution >= 4 is 69.6 Å². The summed E-state index contributed by atoms with van der Waals surface area (Å²) in [5, 5.41) is 8.16. The molecule has 0 spiro atoms. The Morgan fingerprint density at radius 2 is 1.20 bits per heavy atom. The van der Waals surface area contributed by atoms with Crippen LogP contribution in [0.2, 0.25) is 0 Å². The lowest BCUT2D eigenvalue weighted by atomic mass is 9.81. The van der Waals surface area contributed by atoms with E-state index in [9.17, 15) is 0 Å². The first-order valence-electron chi connectivity index (χ1n) is 12.3. The summed E-state index contributed by atoms with van der Waals surface area (Å²) in [7, 11) is 0. The number of nitrogens with zero attached hydrogens (tertiary/aromatic N) is 1. The van der Waals surface area contributed by atoms with Gasteiger partial charge in [0.25, 0.3) is 0 Å². The van der Waals surface area contributed by atoms with Gasteiger partial charge in [-0.05, 0) is 28.3 Å². The van der Waals surface area contributed by atoms with Crippen LogP contribution in [0.3, 0.4) is 0 Å². The van der Waals surface area contributed by atoms with Gasteiger partial charge in [-0.25, -0.2) is 0 Å². The average molecular weight is 464 g/mol. The van der Waals surface area contributed by atoms with E-state index in [0.29, 0.717) is 0 Å². The first-order chi connectivity index (χ1) is 17.1. The number of thiophene rings is 1. The summed E-state index contributed by atoms with van der Waals surface area (Å²) < 4.78 is 5.38. The molecule has 9 rings (SSSR count). The SMILES string of the molecule is CC1(C)c2ccccc2-c2ccc3c4cccc5c6ccc7c8ccccc8sc7c6n(c3c21)c45. The van der Waals surface area contributed by atoms with Crippen molar-refractivity contribution in [1.29, 1.82) is 0 Å². The first-order valence-corrected chi connectivity index (χ1v) is 13.1. The minimum Gasteiger partial charge on any atom is -0.306 e. The summed E-state index contributed by atoms with van der Waals surface area (Å²) in [6.07, 6.45) is 0. The van der Waals surface area contributed by atoms with Gasteiger partial charge in [0, 0.05) is 42.4 Å². The third kappa shape index (κ3) is 1.96. The maximum Gasteiger partial charge on any atom is 0.0720 e. The summed E-state index contributed by atoms with van der Waals surface area (Å²) in [6.45, 7) is 4.80. The van der Waals surface area contributed by atoms with Gasteiger partial charge in [-0.2, -0.15) is 0 Å². The van der Waals surface area contributed by atoms with Crippen LogP contribution in [0.4, 0.5) is 0 Å². The molecule has 8 aromatic rings. The maximum absolute atomic E-state index is 2.62. The molecule has 1 nitrogen and oxygen atoms in total. The van der Waals surface area contributed by atoms with Gasteiger partial charge in [0.1, 0.15) is 0 Å². The molecule has 0 unspecified atom stereocenters. The van der Waals surface area contributed by atoms with E-state index in [-0.39, 0.29) is 5.41 Å². The lowest BCUT2D eigenvalue weighted by molar-refractivity contribution is 0.664. The van der Waals surface area contributed by atoms with Gasteiger partial charge in [-0.1, -0.05) is 98.8 Å². The Morgan fingerprint density at radius 1 is 0.543 bits per heavy atom. The van der Waals surface area contributed by atoms with Crippen molar-refractivity contribution in [1.82, 2.24) is 4.40 Å². The van der Waals surface area contributed by atoms with E-state index in [2.05, 4.69) is 109 Å². The zero-order chi connectivity index (χ0) is 23.1. The van der Waals surface area contributed by atoms with Gasteiger partial charge in [-0.3, -0.25) is 0 Å². The van der Waals surface area contributed by atoms with E-state index < -0.39 is 0 Å². The summed E-state index contributed by atoms with van der Waals surface area (Å²) in [6, 6.07) is 34.1. The molecule has 1 aliphatic rings. The molecule has 164 valence electrons. The van der Waals surface area contributed by atoms with Crippen LogP contribution in [-0.4, -0.2) is 4.40 Å². The molecule has 0 saturated carbocycles. The molecule has 5 aromatic carbocycles. The predicted molar refractivity (Wildman–Crippen MR) is 152 cm³/mol. The summed E-state index contributed by atoms with van der Waals surface area (Å²) >= 11 is 1.93. The first kappa shape index (κ1) is 18.4. The largest absolute Gasteiger partial charge is 0.306 e. The van der Waals surface area contributed by atoms with E-state index >= 15 is 0 Å². The number of rotatable bonds is 0. The molecule has 0 aliphatic heterocycles. The molecule has 35 heavy (non-hydrogen) atoms. The van der Waals surface area contributed by atoms with Crippen LogP contribution >= 0.6 is 11.3 Å². The van der Waals surface area contributed by atoms with E-state index in [4.69, 9.17) is 0 Å². The number of hydrogen-bond donors (Lipinski definition) is 0. The van der Waals surface area contributed by atoms with Gasteiger partial charge >= 0.3 is 0 Å². The minimum absolute atomic E-state index is 0.0592. The van der Waals surface area contributed by atoms with Crippen molar-refractivity contribution < 1.29 is 0 Å². The molecule has 0 atom stereocenters. The van der Waals surface area contributed by atoms with Crippen LogP contribution in [0.1, 0.15) is 25.0 Å². The molecule has 1 aliphatic carbocycles. The lowest BCUT2D eigenvalue weighted by Crippen LogP contribution is -2.15. The van der Waals surface area contributed by atoms with Crippen LogP contribution in [0.5, 0.6) is 0 Å². The van der Waals surface area contributed by atoms with Gasteiger partial charge in [-0.15, -0.1) is 11.3 Å². The van der Waals surface area contributed by atoms with Crippen molar-refractivity contribution in [3.8, 4) is 11.1 Å². The van der Waals surface area contributed by atoms with Crippen molar-refractivity contribution in [2.75, 3.05) is 0 Å². The zero-order valence-electron chi connectivity index (χ0n) is 19.5. The Morgan fingerprint density at radius 3 is 2.09 bits per heavy atom. The summed E-state index contributed by atoms with van der Waals surface area (Å²) in [5.74, 6) is 0. The maximum atomic E-state index is 2.62. The normalized spacial score (nSPS) is 14.8. The van der Waals surface area contributed by atoms with Gasteiger partial charge < -0.3 is 4.40 Å². The summed E-state index contributed by atoms with van der Waals surface area (Å²) in [4.78, 5) is 0. The molecule has 0 radical (unpaired) electrons. The average Bonchev–Trinajstić information content (AvgIpc) is 3.59. The van der Waals surface area contributed by atoms with E-state index in [1.54, 1.807) is 0 Å². The molecular weight excluding hydrogens is 442 g/mol. The third-order valence-corrected chi connectivity index (χ3v) is 9.69. The predicted octanol–water partition coefficient (Wildman–Crippen LogP) is 9.51. The highest BCUT2D eigenvalue weighted by Crippen LogP contribution is 2.54. The fourth-order valence-corrected chi connectivity index (χ4v) is 8.30. The van der Waals surface area contributed by atoms with E-state index in [1.807, 2.05) is 11.3 Å². The van der Waals surface area contributed by atoms with Crippen LogP contribution in [0.15, 0.2) is 91.0 Å². The van der Waals surface area contributed by atoms with Crippen molar-refractivity contribution in [2.45, 2.75) is 19.3 Å². The third-order valence-electron chi connectivity index (χ3n) is 8.50. The van der Waals surface area contributed by atoms with Crippen LogP contribution < -0.4 is 0 Å². The Balaban J connectivity index is 1.61. The molecule has 2 heteroatoms. The van der Waals surface area contributed by atoms with E-state index in [1.165, 1.54) is 80.5 Å². The fraction of sp³-hybridized carbons (Fsp3) is 0.0909. The molecule has 0 saturated heterocycles. The summed E-state index contributed by atoms with van der Waals surface area (Å²) in [5.41, 5.74) is 9.71. The molecule has 3 heterocycles. The fourth-order valence-electron chi connectivity index (χ4n) is 7.06. The Labute approximate surface area is 206 Å². The number of aromatic nitrogens is 1. The van der Waals surface area contributed by atoms with Crippen molar-refractivity contribution in [2.24, 2.45) is 0 Å². The molecule has 0 N–H and O–H groups in total. The Hall–Kier alpha value is -3.88. The second-order valence-electron chi connectivity index (χ2n) is 10.5. The van der Waals surface area contributed by atoms with Crippen LogP contribution in [0, 0.1) is 0 Å². The van der Waals surface area contributed by atoms with Gasteiger partial charge in [0.15, 0.2) is 0 Å². The molecule has 0 fully saturated rings. The molecule has 3 aromatic heterocycles. The standard InChI is InChI=1S/C33H21NS/c1-33(2)26-12-5-3-8-18(26)20-14-15-23-21-10-7-11-22-24-16-17-25-19-9-4-6-13-27(19)35-32(25)31(24)34(29(21)22)30(23)28(20)33/h3-17H,1-2H3. The number of hydrogen-bond acceptors (Lipinski definition) is 1. The second kappa shape index (κ2) is 5.84. The van der Waals surface area contributed by atoms with Crippen LogP contribution in [0.25, 0.3) is 69.4 Å². The lowest BCUT2D eigenvalue weighted by Gasteiger charge is -2.22. The van der Waals surface area contributed by atoms with Crippen molar-refractivity contribution in [3.63, 3.8) is 0 Å². The smallest absolute Gasteiger partial charge is 0.0720 e. The Bertz CT molecular complexity index is 2190. The molecule has 0 amide bonds. The zero-order valence-corrected chi connectivity index (χ0v) is 20.3. The van der Waals surface area contributed by atoms with E-state index in [0.717, 1.165) is 0 Å². The quantitative estimate of drug-likeness (QED) is 0.211. The molecule has 0 bridgehead atoms. The highest BCUT2D eigenvalue weighted by Gasteiger charge is 2.38. The monoisotopic (exact) mass is 463 g/mol. The van der Waals surface area contributed by atoms with Crippen molar-refractivity contribution in [3.05, 3.63) is 102 Å². The number of para-hydroxylation sites is 1. The topological polar surface area (TPSA) is 4.41 Å². The highest BCUT2D eigenvalue weighted by atomic mass is 32.1. The van der Waals surface area contributed by atoms with Gasteiger partial charge in [0.05, 0.1) is 21.3 Å². The number of benzene rings is 5. The van der Waals surface area contributed by atoms with Gasteiger partial charge in [0.2, 0.25) is 0 Å².